The first kappa shape index (κ1) is 15.1. The number of H-pyrrole nitrogens is 1. The molecular weight excluding hydrogens is 268 g/mol. The maximum absolute atomic E-state index is 11.9. The molecular formula is C12H21F2N5O. The van der Waals surface area contributed by atoms with Gasteiger partial charge in [-0.1, -0.05) is 0 Å². The van der Waals surface area contributed by atoms with Crippen molar-refractivity contribution in [1.29, 1.82) is 0 Å². The molecule has 0 saturated carbocycles. The average molecular weight is 289 g/mol. The summed E-state index contributed by atoms with van der Waals surface area (Å²) in [5.41, 5.74) is 5.66. The van der Waals surface area contributed by atoms with Gasteiger partial charge in [0.05, 0.1) is 6.61 Å². The number of piperidine rings is 1. The number of nitrogens with one attached hydrogen (secondary N) is 1. The van der Waals surface area contributed by atoms with Crippen LogP contribution in [0.3, 0.4) is 0 Å². The Labute approximate surface area is 116 Å². The minimum atomic E-state index is -2.43. The number of ether oxygens (including phenoxy) is 1. The monoisotopic (exact) mass is 289 g/mol. The normalized spacial score (nSPS) is 17.1. The van der Waals surface area contributed by atoms with E-state index in [2.05, 4.69) is 20.1 Å². The first-order valence-corrected chi connectivity index (χ1v) is 6.91. The number of halogens is 2. The van der Waals surface area contributed by atoms with E-state index in [0.717, 1.165) is 32.5 Å². The fraction of sp³-hybridized carbons (Fsp3) is 0.833. The SMILES string of the molecule is NCC1CCN(c2n[nH]c(CCOCC(F)F)n2)CC1. The Morgan fingerprint density at radius 3 is 2.80 bits per heavy atom. The molecule has 1 aliphatic heterocycles. The van der Waals surface area contributed by atoms with Crippen LogP contribution in [0.2, 0.25) is 0 Å². The molecule has 6 nitrogen and oxygen atoms in total. The van der Waals surface area contributed by atoms with Gasteiger partial charge in [0, 0.05) is 19.5 Å². The molecule has 114 valence electrons. The van der Waals surface area contributed by atoms with E-state index in [1.165, 1.54) is 0 Å². The molecule has 0 spiro atoms. The van der Waals surface area contributed by atoms with Gasteiger partial charge in [-0.3, -0.25) is 5.10 Å². The molecule has 0 aromatic carbocycles. The molecule has 1 saturated heterocycles. The lowest BCUT2D eigenvalue weighted by atomic mass is 9.97. The van der Waals surface area contributed by atoms with Gasteiger partial charge in [0.1, 0.15) is 12.4 Å². The minimum Gasteiger partial charge on any atom is -0.375 e. The van der Waals surface area contributed by atoms with Crippen molar-refractivity contribution in [3.63, 3.8) is 0 Å². The fourth-order valence-electron chi connectivity index (χ4n) is 2.25. The summed E-state index contributed by atoms with van der Waals surface area (Å²) in [6, 6.07) is 0. The summed E-state index contributed by atoms with van der Waals surface area (Å²) < 4.78 is 28.6. The maximum Gasteiger partial charge on any atom is 0.261 e. The lowest BCUT2D eigenvalue weighted by molar-refractivity contribution is 0.0183. The van der Waals surface area contributed by atoms with Crippen molar-refractivity contribution >= 4 is 5.95 Å². The second-order valence-corrected chi connectivity index (χ2v) is 4.96. The fourth-order valence-corrected chi connectivity index (χ4v) is 2.25. The van der Waals surface area contributed by atoms with Gasteiger partial charge in [0.2, 0.25) is 5.95 Å². The van der Waals surface area contributed by atoms with Crippen LogP contribution in [-0.4, -0.2) is 54.5 Å². The van der Waals surface area contributed by atoms with E-state index in [0.29, 0.717) is 24.1 Å². The number of alkyl halides is 2. The van der Waals surface area contributed by atoms with E-state index < -0.39 is 13.0 Å². The van der Waals surface area contributed by atoms with Gasteiger partial charge in [-0.15, -0.1) is 5.10 Å². The van der Waals surface area contributed by atoms with Crippen molar-refractivity contribution in [3.8, 4) is 0 Å². The number of nitrogens with zero attached hydrogens (tertiary/aromatic N) is 3. The number of hydrogen-bond donors (Lipinski definition) is 2. The molecule has 0 amide bonds. The number of anilines is 1. The Balaban J connectivity index is 1.74. The quantitative estimate of drug-likeness (QED) is 0.726. The highest BCUT2D eigenvalue weighted by Crippen LogP contribution is 2.19. The van der Waals surface area contributed by atoms with Crippen molar-refractivity contribution in [1.82, 2.24) is 15.2 Å². The van der Waals surface area contributed by atoms with Gasteiger partial charge in [0.15, 0.2) is 0 Å². The molecule has 0 atom stereocenters. The molecule has 20 heavy (non-hydrogen) atoms. The zero-order valence-corrected chi connectivity index (χ0v) is 11.4. The predicted octanol–water partition coefficient (Wildman–Crippen LogP) is 0.804. The van der Waals surface area contributed by atoms with E-state index in [1.807, 2.05) is 0 Å². The van der Waals surface area contributed by atoms with E-state index in [9.17, 15) is 8.78 Å². The van der Waals surface area contributed by atoms with Crippen LogP contribution in [0.25, 0.3) is 0 Å². The van der Waals surface area contributed by atoms with Gasteiger partial charge >= 0.3 is 0 Å². The summed E-state index contributed by atoms with van der Waals surface area (Å²) in [7, 11) is 0. The van der Waals surface area contributed by atoms with Crippen LogP contribution in [0, 0.1) is 5.92 Å². The molecule has 2 heterocycles. The standard InChI is InChI=1S/C12H21F2N5O/c13-10(14)8-20-6-3-11-16-12(18-17-11)19-4-1-9(7-15)2-5-19/h9-10H,1-8,15H2,(H,16,17,18). The van der Waals surface area contributed by atoms with Crippen molar-refractivity contribution in [2.45, 2.75) is 25.7 Å². The second kappa shape index (κ2) is 7.49. The van der Waals surface area contributed by atoms with Gasteiger partial charge < -0.3 is 15.4 Å². The van der Waals surface area contributed by atoms with Crippen molar-refractivity contribution in [2.24, 2.45) is 11.7 Å². The lowest BCUT2D eigenvalue weighted by Gasteiger charge is -2.30. The van der Waals surface area contributed by atoms with Crippen LogP contribution in [-0.2, 0) is 11.2 Å². The minimum absolute atomic E-state index is 0.216. The predicted molar refractivity (Wildman–Crippen MR) is 70.9 cm³/mol. The molecule has 2 rings (SSSR count). The third-order valence-corrected chi connectivity index (χ3v) is 3.48. The number of aromatic nitrogens is 3. The first-order valence-electron chi connectivity index (χ1n) is 6.91. The van der Waals surface area contributed by atoms with Crippen LogP contribution in [0.1, 0.15) is 18.7 Å². The average Bonchev–Trinajstić information content (AvgIpc) is 2.92. The summed E-state index contributed by atoms with van der Waals surface area (Å²) >= 11 is 0. The van der Waals surface area contributed by atoms with Crippen LogP contribution in [0.5, 0.6) is 0 Å². The molecule has 8 heteroatoms. The van der Waals surface area contributed by atoms with E-state index in [1.54, 1.807) is 0 Å². The molecule has 3 N–H and O–H groups in total. The van der Waals surface area contributed by atoms with Gasteiger partial charge in [0.25, 0.3) is 6.43 Å². The maximum atomic E-state index is 11.9. The topological polar surface area (TPSA) is 80.1 Å². The zero-order valence-electron chi connectivity index (χ0n) is 11.4. The first-order chi connectivity index (χ1) is 9.69. The van der Waals surface area contributed by atoms with Crippen molar-refractivity contribution in [2.75, 3.05) is 37.7 Å². The lowest BCUT2D eigenvalue weighted by Crippen LogP contribution is -2.36. The van der Waals surface area contributed by atoms with Crippen LogP contribution in [0.4, 0.5) is 14.7 Å². The third-order valence-electron chi connectivity index (χ3n) is 3.48. The third kappa shape index (κ3) is 4.38. The molecule has 0 aliphatic carbocycles. The van der Waals surface area contributed by atoms with Crippen molar-refractivity contribution in [3.05, 3.63) is 5.82 Å². The number of rotatable bonds is 7. The number of hydrogen-bond acceptors (Lipinski definition) is 5. The molecule has 1 fully saturated rings. The smallest absolute Gasteiger partial charge is 0.261 e. The highest BCUT2D eigenvalue weighted by Gasteiger charge is 2.20. The molecule has 1 aromatic rings. The van der Waals surface area contributed by atoms with Gasteiger partial charge in [-0.2, -0.15) is 4.98 Å². The molecule has 0 bridgehead atoms. The summed E-state index contributed by atoms with van der Waals surface area (Å²) in [4.78, 5) is 6.48. The van der Waals surface area contributed by atoms with E-state index in [4.69, 9.17) is 10.5 Å². The largest absolute Gasteiger partial charge is 0.375 e. The summed E-state index contributed by atoms with van der Waals surface area (Å²) in [6.45, 7) is 2.22. The Morgan fingerprint density at radius 2 is 2.15 bits per heavy atom. The molecule has 1 aliphatic rings. The van der Waals surface area contributed by atoms with E-state index in [-0.39, 0.29) is 6.61 Å². The van der Waals surface area contributed by atoms with Gasteiger partial charge in [-0.25, -0.2) is 8.78 Å². The zero-order chi connectivity index (χ0) is 14.4. The second-order valence-electron chi connectivity index (χ2n) is 4.96. The van der Waals surface area contributed by atoms with Crippen LogP contribution in [0.15, 0.2) is 0 Å². The summed E-state index contributed by atoms with van der Waals surface area (Å²) in [5.74, 6) is 1.92. The van der Waals surface area contributed by atoms with Crippen molar-refractivity contribution < 1.29 is 13.5 Å². The van der Waals surface area contributed by atoms with Gasteiger partial charge in [-0.05, 0) is 25.3 Å². The Kier molecular flexibility index (Phi) is 5.66. The highest BCUT2D eigenvalue weighted by atomic mass is 19.3. The summed E-state index contributed by atoms with van der Waals surface area (Å²) in [5, 5.41) is 6.98. The highest BCUT2D eigenvalue weighted by molar-refractivity contribution is 5.29. The Morgan fingerprint density at radius 1 is 1.40 bits per heavy atom. The summed E-state index contributed by atoms with van der Waals surface area (Å²) in [6.07, 6.45) is 0.137. The Hall–Kier alpha value is -1.28. The number of aromatic amines is 1. The molecule has 0 radical (unpaired) electrons. The van der Waals surface area contributed by atoms with E-state index >= 15 is 0 Å². The molecule has 0 unspecified atom stereocenters. The Bertz CT molecular complexity index is 393. The molecule has 1 aromatic heterocycles. The van der Waals surface area contributed by atoms with Crippen LogP contribution < -0.4 is 10.6 Å². The van der Waals surface area contributed by atoms with Crippen LogP contribution >= 0.6 is 0 Å². The number of nitrogens with two attached hydrogens (primary N) is 1.